The molecule has 0 spiro atoms. The van der Waals surface area contributed by atoms with Crippen molar-refractivity contribution in [1.82, 2.24) is 0 Å². The maximum Gasteiger partial charge on any atom is 0.0491 e. The van der Waals surface area contributed by atoms with Crippen molar-refractivity contribution >= 4 is 21.6 Å². The van der Waals surface area contributed by atoms with Gasteiger partial charge in [-0.2, -0.15) is 0 Å². The zero-order valence-corrected chi connectivity index (χ0v) is 8.51. The number of benzene rings is 1. The maximum absolute atomic E-state index is 7.43. The van der Waals surface area contributed by atoms with Crippen LogP contribution in [0.4, 0.5) is 0 Å². The number of alkyl halides is 1. The summed E-state index contributed by atoms with van der Waals surface area (Å²) in [4.78, 5) is 0. The van der Waals surface area contributed by atoms with E-state index in [-0.39, 0.29) is 0 Å². The van der Waals surface area contributed by atoms with Crippen molar-refractivity contribution < 1.29 is 5.11 Å². The highest BCUT2D eigenvalue weighted by molar-refractivity contribution is 9.09. The molecular weight excluding hydrogens is 218 g/mol. The van der Waals surface area contributed by atoms with Crippen LogP contribution in [0.3, 0.4) is 0 Å². The molecular formula is C9H12BrNO. The van der Waals surface area contributed by atoms with Gasteiger partial charge >= 0.3 is 0 Å². The fourth-order valence-electron chi connectivity index (χ4n) is 0.716. The minimum atomic E-state index is 0.622. The molecule has 12 heavy (non-hydrogen) atoms. The number of hydrogen-bond acceptors (Lipinski definition) is 2. The van der Waals surface area contributed by atoms with E-state index in [1.54, 1.807) is 0 Å². The topological polar surface area (TPSA) is 44.1 Å². The molecule has 0 saturated carbocycles. The van der Waals surface area contributed by atoms with Crippen LogP contribution in [0.2, 0.25) is 0 Å². The summed E-state index contributed by atoms with van der Waals surface area (Å²) in [5.74, 6) is 0. The van der Waals surface area contributed by atoms with E-state index in [1.165, 1.54) is 0 Å². The van der Waals surface area contributed by atoms with Crippen molar-refractivity contribution in [2.24, 2.45) is 0 Å². The highest BCUT2D eigenvalue weighted by Crippen LogP contribution is 2.00. The normalized spacial score (nSPS) is 8.25. The molecule has 66 valence electrons. The summed E-state index contributed by atoms with van der Waals surface area (Å²) in [5, 5.41) is 15.1. The van der Waals surface area contributed by atoms with E-state index in [9.17, 15) is 0 Å². The van der Waals surface area contributed by atoms with Crippen molar-refractivity contribution in [2.75, 3.05) is 12.4 Å². The van der Waals surface area contributed by atoms with E-state index in [4.69, 9.17) is 10.5 Å². The molecule has 0 atom stereocenters. The van der Waals surface area contributed by atoms with Crippen molar-refractivity contribution in [3.05, 3.63) is 35.9 Å². The highest BCUT2D eigenvalue weighted by atomic mass is 79.9. The van der Waals surface area contributed by atoms with Crippen LogP contribution in [-0.4, -0.2) is 23.3 Å². The fraction of sp³-hybridized carbons (Fsp3) is 0.222. The van der Waals surface area contributed by atoms with Crippen LogP contribution < -0.4 is 0 Å². The highest BCUT2D eigenvalue weighted by Gasteiger charge is 1.94. The Morgan fingerprint density at radius 1 is 1.33 bits per heavy atom. The molecule has 0 aliphatic heterocycles. The quantitative estimate of drug-likeness (QED) is 0.592. The van der Waals surface area contributed by atoms with Gasteiger partial charge in [-0.05, 0) is 5.56 Å². The van der Waals surface area contributed by atoms with Gasteiger partial charge in [-0.25, -0.2) is 0 Å². The summed E-state index contributed by atoms with van der Waals surface area (Å²) in [5.41, 5.74) is 1.61. The van der Waals surface area contributed by atoms with E-state index < -0.39 is 0 Å². The van der Waals surface area contributed by atoms with E-state index in [0.717, 1.165) is 12.7 Å². The third kappa shape index (κ3) is 3.64. The van der Waals surface area contributed by atoms with Crippen molar-refractivity contribution in [3.63, 3.8) is 0 Å². The lowest BCUT2D eigenvalue weighted by molar-refractivity contribution is 0.399. The third-order valence-electron chi connectivity index (χ3n) is 1.26. The minimum Gasteiger partial charge on any atom is -0.400 e. The molecule has 0 heterocycles. The summed E-state index contributed by atoms with van der Waals surface area (Å²) < 4.78 is 0. The van der Waals surface area contributed by atoms with Crippen LogP contribution in [0.25, 0.3) is 0 Å². The molecule has 0 saturated heterocycles. The van der Waals surface area contributed by atoms with Gasteiger partial charge in [0.1, 0.15) is 0 Å². The van der Waals surface area contributed by atoms with Gasteiger partial charge in [-0.3, -0.25) is 0 Å². The largest absolute Gasteiger partial charge is 0.400 e. The first-order valence-corrected chi connectivity index (χ1v) is 4.60. The van der Waals surface area contributed by atoms with Gasteiger partial charge in [-0.15, -0.1) is 0 Å². The molecule has 3 heteroatoms. The van der Waals surface area contributed by atoms with Crippen molar-refractivity contribution in [3.8, 4) is 0 Å². The maximum atomic E-state index is 7.43. The molecule has 0 bridgehead atoms. The summed E-state index contributed by atoms with van der Waals surface area (Å²) in [6, 6.07) is 9.69. The Morgan fingerprint density at radius 2 is 1.83 bits per heavy atom. The van der Waals surface area contributed by atoms with Crippen LogP contribution in [0, 0.1) is 5.41 Å². The van der Waals surface area contributed by atoms with Gasteiger partial charge in [0.15, 0.2) is 0 Å². The second kappa shape index (κ2) is 7.00. The standard InChI is InChI=1S/C8H8BrN.CH4O/c9-6-8(10)7-4-2-1-3-5-7;1-2/h1-5,10H,6H2;2H,1H3. The Balaban J connectivity index is 0.000000561. The van der Waals surface area contributed by atoms with E-state index >= 15 is 0 Å². The van der Waals surface area contributed by atoms with Crippen LogP contribution in [0.15, 0.2) is 30.3 Å². The molecule has 1 rings (SSSR count). The zero-order valence-electron chi connectivity index (χ0n) is 6.92. The average Bonchev–Trinajstić information content (AvgIpc) is 2.21. The Morgan fingerprint density at radius 3 is 2.25 bits per heavy atom. The Labute approximate surface area is 80.9 Å². The summed E-state index contributed by atoms with van der Waals surface area (Å²) in [6.07, 6.45) is 0. The van der Waals surface area contributed by atoms with Crippen LogP contribution in [0.1, 0.15) is 5.56 Å². The van der Waals surface area contributed by atoms with Crippen LogP contribution in [0.5, 0.6) is 0 Å². The number of hydrogen-bond donors (Lipinski definition) is 2. The Kier molecular flexibility index (Phi) is 6.61. The fourth-order valence-corrected chi connectivity index (χ4v) is 1.04. The van der Waals surface area contributed by atoms with E-state index in [2.05, 4.69) is 15.9 Å². The summed E-state index contributed by atoms with van der Waals surface area (Å²) >= 11 is 3.23. The van der Waals surface area contributed by atoms with Gasteiger partial charge in [-0.1, -0.05) is 46.3 Å². The summed E-state index contributed by atoms with van der Waals surface area (Å²) in [7, 11) is 1.00. The molecule has 0 radical (unpaired) electrons. The third-order valence-corrected chi connectivity index (χ3v) is 1.82. The SMILES string of the molecule is CO.N=C(CBr)c1ccccc1. The molecule has 2 N–H and O–H groups in total. The number of halogens is 1. The molecule has 1 aromatic carbocycles. The molecule has 0 fully saturated rings. The molecule has 0 amide bonds. The van der Waals surface area contributed by atoms with Crippen molar-refractivity contribution in [1.29, 1.82) is 5.41 Å². The van der Waals surface area contributed by atoms with Crippen LogP contribution >= 0.6 is 15.9 Å². The predicted octanol–water partition coefficient (Wildman–Crippen LogP) is 2.06. The second-order valence-corrected chi connectivity index (χ2v) is 2.54. The molecule has 0 aliphatic carbocycles. The number of aliphatic hydroxyl groups is 1. The first kappa shape index (κ1) is 11.3. The van der Waals surface area contributed by atoms with Gasteiger partial charge in [0.25, 0.3) is 0 Å². The van der Waals surface area contributed by atoms with E-state index in [1.807, 2.05) is 30.3 Å². The molecule has 2 nitrogen and oxygen atoms in total. The smallest absolute Gasteiger partial charge is 0.0491 e. The molecule has 0 aliphatic rings. The van der Waals surface area contributed by atoms with E-state index in [0.29, 0.717) is 11.0 Å². The lowest BCUT2D eigenvalue weighted by atomic mass is 10.1. The Bertz CT molecular complexity index is 223. The lowest BCUT2D eigenvalue weighted by Crippen LogP contribution is -1.98. The van der Waals surface area contributed by atoms with Gasteiger partial charge in [0.05, 0.1) is 0 Å². The average molecular weight is 230 g/mol. The first-order valence-electron chi connectivity index (χ1n) is 3.48. The zero-order chi connectivity index (χ0) is 9.40. The molecule has 0 aromatic heterocycles. The van der Waals surface area contributed by atoms with Gasteiger partial charge in [0.2, 0.25) is 0 Å². The second-order valence-electron chi connectivity index (χ2n) is 1.98. The molecule has 0 unspecified atom stereocenters. The minimum absolute atomic E-state index is 0.622. The lowest BCUT2D eigenvalue weighted by Gasteiger charge is -1.96. The monoisotopic (exact) mass is 229 g/mol. The summed E-state index contributed by atoms with van der Waals surface area (Å²) in [6.45, 7) is 0. The van der Waals surface area contributed by atoms with Gasteiger partial charge < -0.3 is 10.5 Å². The number of nitrogens with one attached hydrogen (secondary N) is 1. The van der Waals surface area contributed by atoms with Crippen LogP contribution in [-0.2, 0) is 0 Å². The van der Waals surface area contributed by atoms with Gasteiger partial charge in [0, 0.05) is 18.2 Å². The Hall–Kier alpha value is -0.670. The first-order chi connectivity index (χ1) is 5.84. The molecule has 1 aromatic rings. The number of rotatable bonds is 2. The number of aliphatic hydroxyl groups excluding tert-OH is 1. The predicted molar refractivity (Wildman–Crippen MR) is 55.2 cm³/mol. The van der Waals surface area contributed by atoms with Crippen molar-refractivity contribution in [2.45, 2.75) is 0 Å².